The van der Waals surface area contributed by atoms with Crippen molar-refractivity contribution in [2.75, 3.05) is 26.2 Å². The Labute approximate surface area is 213 Å². The van der Waals surface area contributed by atoms with Crippen LogP contribution in [0.2, 0.25) is 5.02 Å². The molecule has 3 heterocycles. The molecular formula is C25H28BrClN6O. The number of aromatic nitrogens is 3. The quantitative estimate of drug-likeness (QED) is 0.467. The number of hydrogen-bond donors (Lipinski definition) is 2. The summed E-state index contributed by atoms with van der Waals surface area (Å²) in [6.07, 6.45) is 10.1. The molecule has 2 unspecified atom stereocenters. The van der Waals surface area contributed by atoms with Crippen LogP contribution in [-0.4, -0.2) is 57.6 Å². The third-order valence-electron chi connectivity index (χ3n) is 6.63. The number of nitrogens with one attached hydrogen (secondary N) is 2. The van der Waals surface area contributed by atoms with Gasteiger partial charge in [0.2, 0.25) is 5.91 Å². The summed E-state index contributed by atoms with van der Waals surface area (Å²) < 4.78 is 3.01. The van der Waals surface area contributed by atoms with Crippen molar-refractivity contribution in [1.29, 1.82) is 0 Å². The molecule has 9 heteroatoms. The molecule has 1 aliphatic heterocycles. The van der Waals surface area contributed by atoms with E-state index in [0.717, 1.165) is 54.1 Å². The Balaban J connectivity index is 1.33. The van der Waals surface area contributed by atoms with Crippen molar-refractivity contribution in [3.8, 4) is 0 Å². The second-order valence-corrected chi connectivity index (χ2v) is 10.2. The SMILES string of the molecule is O=C(NCCCn1ccnc1)C1CN(C2c3ccc(Cl)cc3CCc3cc(Br)cnc32)CCN1. The largest absolute Gasteiger partial charge is 0.355 e. The van der Waals surface area contributed by atoms with Gasteiger partial charge in [-0.1, -0.05) is 17.7 Å². The molecule has 1 aliphatic carbocycles. The average Bonchev–Trinajstić information content (AvgIpc) is 3.31. The van der Waals surface area contributed by atoms with Crippen LogP contribution in [0.3, 0.4) is 0 Å². The van der Waals surface area contributed by atoms with Gasteiger partial charge in [0.05, 0.1) is 24.1 Å². The van der Waals surface area contributed by atoms with Crippen LogP contribution >= 0.6 is 27.5 Å². The highest BCUT2D eigenvalue weighted by atomic mass is 79.9. The Morgan fingerprint density at radius 2 is 2.15 bits per heavy atom. The first-order valence-electron chi connectivity index (χ1n) is 11.7. The lowest BCUT2D eigenvalue weighted by Gasteiger charge is -2.39. The Hall–Kier alpha value is -2.26. The fourth-order valence-electron chi connectivity index (χ4n) is 4.98. The Morgan fingerprint density at radius 1 is 1.26 bits per heavy atom. The molecule has 1 fully saturated rings. The normalized spacial score (nSPS) is 20.3. The molecule has 1 saturated heterocycles. The van der Waals surface area contributed by atoms with Crippen molar-refractivity contribution in [2.45, 2.75) is 37.9 Å². The van der Waals surface area contributed by atoms with E-state index in [-0.39, 0.29) is 18.0 Å². The van der Waals surface area contributed by atoms with Crippen molar-refractivity contribution in [2.24, 2.45) is 0 Å². The van der Waals surface area contributed by atoms with Crippen LogP contribution in [0, 0.1) is 0 Å². The second-order valence-electron chi connectivity index (χ2n) is 8.89. The standard InChI is InChI=1S/C25H28BrClN6O/c26-19-12-18-3-2-17-13-20(27)4-5-21(17)24(23(18)31-14-19)33-11-8-29-22(15-33)25(34)30-6-1-9-32-10-7-28-16-32/h4-5,7,10,12-14,16,22,24,29H,1-3,6,8-9,11,15H2,(H,30,34). The van der Waals surface area contributed by atoms with Crippen LogP contribution < -0.4 is 10.6 Å². The molecule has 3 aromatic rings. The summed E-state index contributed by atoms with van der Waals surface area (Å²) in [5.41, 5.74) is 4.81. The van der Waals surface area contributed by atoms with Crippen molar-refractivity contribution >= 4 is 33.4 Å². The van der Waals surface area contributed by atoms with E-state index < -0.39 is 0 Å². The number of piperazine rings is 1. The van der Waals surface area contributed by atoms with Crippen molar-refractivity contribution in [3.63, 3.8) is 0 Å². The Bertz CT molecular complexity index is 1100. The lowest BCUT2D eigenvalue weighted by Crippen LogP contribution is -2.58. The van der Waals surface area contributed by atoms with E-state index in [1.807, 2.05) is 23.0 Å². The van der Waals surface area contributed by atoms with Crippen molar-refractivity contribution in [1.82, 2.24) is 30.1 Å². The molecule has 178 valence electrons. The highest BCUT2D eigenvalue weighted by molar-refractivity contribution is 9.10. The minimum atomic E-state index is -0.264. The zero-order chi connectivity index (χ0) is 23.5. The van der Waals surface area contributed by atoms with Gasteiger partial charge in [0.1, 0.15) is 0 Å². The molecule has 7 nitrogen and oxygen atoms in total. The summed E-state index contributed by atoms with van der Waals surface area (Å²) in [7, 11) is 0. The summed E-state index contributed by atoms with van der Waals surface area (Å²) in [5.74, 6) is 0.0456. The first kappa shape index (κ1) is 23.5. The smallest absolute Gasteiger partial charge is 0.238 e. The fourth-order valence-corrected chi connectivity index (χ4v) is 5.55. The van der Waals surface area contributed by atoms with Gasteiger partial charge >= 0.3 is 0 Å². The number of carbonyl (C=O) groups is 1. The number of rotatable bonds is 6. The molecule has 1 amide bonds. The molecule has 0 radical (unpaired) electrons. The zero-order valence-corrected chi connectivity index (χ0v) is 21.2. The maximum atomic E-state index is 13.0. The molecule has 2 aliphatic rings. The molecule has 0 spiro atoms. The number of amides is 1. The lowest BCUT2D eigenvalue weighted by atomic mass is 9.95. The highest BCUT2D eigenvalue weighted by Gasteiger charge is 2.35. The number of nitrogens with zero attached hydrogens (tertiary/aromatic N) is 4. The summed E-state index contributed by atoms with van der Waals surface area (Å²) in [4.78, 5) is 24.3. The summed E-state index contributed by atoms with van der Waals surface area (Å²) in [5, 5.41) is 7.26. The second kappa shape index (κ2) is 10.6. The summed E-state index contributed by atoms with van der Waals surface area (Å²) in [6, 6.07) is 8.09. The minimum absolute atomic E-state index is 0.00323. The third-order valence-corrected chi connectivity index (χ3v) is 7.30. The van der Waals surface area contributed by atoms with E-state index in [0.29, 0.717) is 13.1 Å². The van der Waals surface area contributed by atoms with Crippen LogP contribution in [0.25, 0.3) is 0 Å². The van der Waals surface area contributed by atoms with Gasteiger partial charge < -0.3 is 15.2 Å². The van der Waals surface area contributed by atoms with Gasteiger partial charge in [-0.05, 0) is 70.1 Å². The number of fused-ring (bicyclic) bond motifs is 2. The minimum Gasteiger partial charge on any atom is -0.355 e. The lowest BCUT2D eigenvalue weighted by molar-refractivity contribution is -0.124. The van der Waals surface area contributed by atoms with Gasteiger partial charge in [-0.15, -0.1) is 0 Å². The number of imidazole rings is 1. The van der Waals surface area contributed by atoms with Gasteiger partial charge in [-0.2, -0.15) is 0 Å². The highest BCUT2D eigenvalue weighted by Crippen LogP contribution is 2.37. The number of hydrogen-bond acceptors (Lipinski definition) is 5. The van der Waals surface area contributed by atoms with Gasteiger partial charge in [0.15, 0.2) is 0 Å². The van der Waals surface area contributed by atoms with Gasteiger partial charge in [-0.3, -0.25) is 14.7 Å². The molecule has 1 aromatic carbocycles. The fraction of sp³-hybridized carbons (Fsp3) is 0.400. The van der Waals surface area contributed by atoms with E-state index in [1.165, 1.54) is 16.7 Å². The van der Waals surface area contributed by atoms with E-state index >= 15 is 0 Å². The zero-order valence-electron chi connectivity index (χ0n) is 18.9. The van der Waals surface area contributed by atoms with E-state index in [1.54, 1.807) is 12.5 Å². The van der Waals surface area contributed by atoms with Gasteiger partial charge in [0.25, 0.3) is 0 Å². The summed E-state index contributed by atoms with van der Waals surface area (Å²) in [6.45, 7) is 3.69. The first-order chi connectivity index (χ1) is 16.6. The molecule has 0 saturated carbocycles. The first-order valence-corrected chi connectivity index (χ1v) is 12.9. The predicted octanol–water partition coefficient (Wildman–Crippen LogP) is 3.36. The number of pyridine rings is 1. The van der Waals surface area contributed by atoms with Crippen molar-refractivity contribution in [3.05, 3.63) is 81.1 Å². The summed E-state index contributed by atoms with van der Waals surface area (Å²) >= 11 is 9.94. The van der Waals surface area contributed by atoms with Gasteiger partial charge in [0, 0.05) is 60.8 Å². The average molecular weight is 544 g/mol. The van der Waals surface area contributed by atoms with E-state index in [2.05, 4.69) is 54.6 Å². The van der Waals surface area contributed by atoms with Crippen LogP contribution in [0.1, 0.15) is 34.8 Å². The topological polar surface area (TPSA) is 75.1 Å². The molecule has 2 atom stereocenters. The molecule has 0 bridgehead atoms. The Kier molecular flexibility index (Phi) is 7.29. The van der Waals surface area contributed by atoms with Crippen LogP contribution in [-0.2, 0) is 24.2 Å². The monoisotopic (exact) mass is 542 g/mol. The number of halogens is 2. The van der Waals surface area contributed by atoms with Crippen LogP contribution in [0.15, 0.2) is 53.7 Å². The molecular weight excluding hydrogens is 516 g/mol. The molecule has 5 rings (SSSR count). The predicted molar refractivity (Wildman–Crippen MR) is 136 cm³/mol. The molecule has 2 aromatic heterocycles. The Morgan fingerprint density at radius 3 is 3.00 bits per heavy atom. The van der Waals surface area contributed by atoms with Crippen LogP contribution in [0.5, 0.6) is 0 Å². The van der Waals surface area contributed by atoms with Crippen molar-refractivity contribution < 1.29 is 4.79 Å². The maximum absolute atomic E-state index is 13.0. The van der Waals surface area contributed by atoms with Crippen LogP contribution in [0.4, 0.5) is 0 Å². The van der Waals surface area contributed by atoms with E-state index in [4.69, 9.17) is 16.6 Å². The van der Waals surface area contributed by atoms with Gasteiger partial charge in [-0.25, -0.2) is 4.98 Å². The number of aryl methyl sites for hydroxylation is 3. The molecule has 34 heavy (non-hydrogen) atoms. The third kappa shape index (κ3) is 5.20. The maximum Gasteiger partial charge on any atom is 0.238 e. The number of benzene rings is 1. The molecule has 2 N–H and O–H groups in total. The van der Waals surface area contributed by atoms with E-state index in [9.17, 15) is 4.79 Å². The number of carbonyl (C=O) groups excluding carboxylic acids is 1.